The first-order valence-corrected chi connectivity index (χ1v) is 8.05. The summed E-state index contributed by atoms with van der Waals surface area (Å²) >= 11 is 0. The summed E-state index contributed by atoms with van der Waals surface area (Å²) in [5.74, 6) is 0. The van der Waals surface area contributed by atoms with E-state index in [0.29, 0.717) is 15.8 Å². The predicted molar refractivity (Wildman–Crippen MR) is 49.4 cm³/mol. The summed E-state index contributed by atoms with van der Waals surface area (Å²) in [6.07, 6.45) is 0. The van der Waals surface area contributed by atoms with Crippen LogP contribution in [0.5, 0.6) is 0 Å². The van der Waals surface area contributed by atoms with E-state index in [-0.39, 0.29) is 22.4 Å². The zero-order valence-electron chi connectivity index (χ0n) is 7.20. The summed E-state index contributed by atoms with van der Waals surface area (Å²) < 4.78 is 0. The molecule has 0 rings (SSSR count). The maximum absolute atomic E-state index is 2.23. The van der Waals surface area contributed by atoms with Gasteiger partial charge in [0.25, 0.3) is 0 Å². The van der Waals surface area contributed by atoms with E-state index in [4.69, 9.17) is 0 Å². The molecule has 0 aliphatic rings. The van der Waals surface area contributed by atoms with E-state index < -0.39 is 0 Å². The predicted octanol–water partition coefficient (Wildman–Crippen LogP) is 2.71. The Morgan fingerprint density at radius 2 is 0.556 bits per heavy atom. The summed E-state index contributed by atoms with van der Waals surface area (Å²) in [4.78, 5) is 0. The molecule has 0 fully saturated rings. The van der Waals surface area contributed by atoms with E-state index in [0.717, 1.165) is 0 Å². The van der Waals surface area contributed by atoms with Gasteiger partial charge in [-0.15, -0.1) is 15.8 Å². The molecule has 62 valence electrons. The Bertz CT molecular complexity index is 26.5. The van der Waals surface area contributed by atoms with Crippen molar-refractivity contribution < 1.29 is 22.4 Å². The third-order valence-electron chi connectivity index (χ3n) is 0. The Morgan fingerprint density at radius 3 is 0.556 bits per heavy atom. The second kappa shape index (κ2) is 12.3. The van der Waals surface area contributed by atoms with Crippen LogP contribution in [0.2, 0.25) is 0 Å². The van der Waals surface area contributed by atoms with Crippen molar-refractivity contribution in [2.45, 2.75) is 0 Å². The first-order valence-electron chi connectivity index (χ1n) is 2.68. The average Bonchev–Trinajstić information content (AvgIpc) is 1.25. The Kier molecular flexibility index (Phi) is 23.1. The van der Waals surface area contributed by atoms with E-state index in [9.17, 15) is 0 Å². The second-order valence-electron chi connectivity index (χ2n) is 2.68. The van der Waals surface area contributed by atoms with E-state index in [1.165, 1.54) is 0 Å². The van der Waals surface area contributed by atoms with Crippen LogP contribution in [0.1, 0.15) is 0 Å². The minimum atomic E-state index is 0. The third kappa shape index (κ3) is 217. The molecule has 0 saturated heterocycles. The van der Waals surface area contributed by atoms with Crippen molar-refractivity contribution >= 4 is 15.8 Å². The topological polar surface area (TPSA) is 0 Å². The number of hydrogen-bond donors (Lipinski definition) is 0. The van der Waals surface area contributed by atoms with Crippen LogP contribution in [0.3, 0.4) is 0 Å². The first-order chi connectivity index (χ1) is 3.46. The molecule has 0 heterocycles. The molecule has 0 amide bonds. The molecule has 0 bridgehead atoms. The molecular weight excluding hydrogens is 242 g/mol. The van der Waals surface area contributed by atoms with Crippen molar-refractivity contribution in [3.05, 3.63) is 0 Å². The average molecular weight is 260 g/mol. The molecule has 9 heavy (non-hydrogen) atoms. The van der Waals surface area contributed by atoms with Crippen molar-refractivity contribution in [3.63, 3.8) is 0 Å². The van der Waals surface area contributed by atoms with E-state index in [1.54, 1.807) is 0 Å². The Balaban J connectivity index is -0.0000000720. The fraction of sp³-hybridized carbons (Fsp3) is 1.00. The van der Waals surface area contributed by atoms with Crippen LogP contribution in [0.25, 0.3) is 0 Å². The van der Waals surface area contributed by atoms with Crippen LogP contribution >= 0.6 is 15.8 Å². The van der Waals surface area contributed by atoms with Crippen molar-refractivity contribution in [3.8, 4) is 0 Å². The molecule has 0 aromatic carbocycles. The summed E-state index contributed by atoms with van der Waals surface area (Å²) in [6, 6.07) is 0. The number of hydrogen-bond acceptors (Lipinski definition) is 0. The van der Waals surface area contributed by atoms with Gasteiger partial charge in [0.1, 0.15) is 0 Å². The zero-order valence-corrected chi connectivity index (χ0v) is 10.5. The zero-order chi connectivity index (χ0) is 7.15. The van der Waals surface area contributed by atoms with Crippen molar-refractivity contribution in [2.24, 2.45) is 0 Å². The maximum atomic E-state index is 2.23. The molecular formula is C6H18AgP2+. The summed E-state index contributed by atoms with van der Waals surface area (Å²) in [5, 5.41) is 0. The summed E-state index contributed by atoms with van der Waals surface area (Å²) in [5.41, 5.74) is 0. The van der Waals surface area contributed by atoms with E-state index in [2.05, 4.69) is 40.0 Å². The van der Waals surface area contributed by atoms with Crippen LogP contribution in [-0.4, -0.2) is 40.0 Å². The van der Waals surface area contributed by atoms with Gasteiger partial charge < -0.3 is 0 Å². The molecule has 0 atom stereocenters. The van der Waals surface area contributed by atoms with Gasteiger partial charge in [0.2, 0.25) is 0 Å². The van der Waals surface area contributed by atoms with E-state index in [1.807, 2.05) is 0 Å². The monoisotopic (exact) mass is 259 g/mol. The van der Waals surface area contributed by atoms with Gasteiger partial charge in [0.15, 0.2) is 0 Å². The fourth-order valence-corrected chi connectivity index (χ4v) is 0. The molecule has 0 aliphatic heterocycles. The van der Waals surface area contributed by atoms with Gasteiger partial charge in [-0.3, -0.25) is 0 Å². The Morgan fingerprint density at radius 1 is 0.556 bits per heavy atom. The normalized spacial score (nSPS) is 8.00. The smallest absolute Gasteiger partial charge is 0.116 e. The first kappa shape index (κ1) is 16.9. The van der Waals surface area contributed by atoms with Gasteiger partial charge in [-0.2, -0.15) is 0 Å². The molecule has 0 aliphatic carbocycles. The molecule has 0 N–H and O–H groups in total. The van der Waals surface area contributed by atoms with Gasteiger partial charge in [-0.25, -0.2) is 0 Å². The third-order valence-corrected chi connectivity index (χ3v) is 0. The van der Waals surface area contributed by atoms with Gasteiger partial charge in [-0.05, 0) is 40.0 Å². The van der Waals surface area contributed by atoms with Crippen LogP contribution in [0, 0.1) is 0 Å². The van der Waals surface area contributed by atoms with Crippen LogP contribution in [0.4, 0.5) is 0 Å². The molecule has 0 nitrogen and oxygen atoms in total. The van der Waals surface area contributed by atoms with Crippen LogP contribution in [0.15, 0.2) is 0 Å². The number of rotatable bonds is 0. The molecule has 0 aromatic heterocycles. The maximum Gasteiger partial charge on any atom is 1.00 e. The minimum Gasteiger partial charge on any atom is -0.116 e. The van der Waals surface area contributed by atoms with Crippen molar-refractivity contribution in [1.82, 2.24) is 0 Å². The minimum absolute atomic E-state index is 0. The van der Waals surface area contributed by atoms with Crippen LogP contribution in [-0.2, 0) is 22.4 Å². The van der Waals surface area contributed by atoms with Gasteiger partial charge in [0.05, 0.1) is 0 Å². The molecule has 0 radical (unpaired) electrons. The molecule has 0 spiro atoms. The summed E-state index contributed by atoms with van der Waals surface area (Å²) in [6.45, 7) is 13.4. The van der Waals surface area contributed by atoms with Crippen molar-refractivity contribution in [1.29, 1.82) is 0 Å². The van der Waals surface area contributed by atoms with Crippen LogP contribution < -0.4 is 0 Å². The quantitative estimate of drug-likeness (QED) is 0.464. The van der Waals surface area contributed by atoms with E-state index >= 15 is 0 Å². The van der Waals surface area contributed by atoms with Crippen molar-refractivity contribution in [2.75, 3.05) is 40.0 Å². The molecule has 0 aromatic rings. The Hall–Kier alpha value is 1.60. The largest absolute Gasteiger partial charge is 1.00 e. The van der Waals surface area contributed by atoms with Gasteiger partial charge >= 0.3 is 22.4 Å². The molecule has 3 heteroatoms. The van der Waals surface area contributed by atoms with Gasteiger partial charge in [-0.1, -0.05) is 0 Å². The fourth-order valence-electron chi connectivity index (χ4n) is 0. The second-order valence-corrected chi connectivity index (χ2v) is 8.05. The SMILES string of the molecule is CP(C)C.CP(C)C.[Ag+]. The Labute approximate surface area is 78.2 Å². The summed E-state index contributed by atoms with van der Waals surface area (Å²) in [7, 11) is 0.759. The standard InChI is InChI=1S/2C3H9P.Ag/c2*1-4(2)3;/h2*1-3H3;/q;;+1. The van der Waals surface area contributed by atoms with Gasteiger partial charge in [0, 0.05) is 0 Å². The molecule has 0 saturated carbocycles. The molecule has 0 unspecified atom stereocenters.